The third-order valence-electron chi connectivity index (χ3n) is 5.23. The van der Waals surface area contributed by atoms with E-state index in [1.165, 1.54) is 4.90 Å². The molecule has 2 aromatic rings. The van der Waals surface area contributed by atoms with Crippen molar-refractivity contribution in [3.63, 3.8) is 0 Å². The molecule has 3 heterocycles. The summed E-state index contributed by atoms with van der Waals surface area (Å²) in [5.74, 6) is -0.774. The van der Waals surface area contributed by atoms with Gasteiger partial charge in [-0.1, -0.05) is 11.6 Å². The highest BCUT2D eigenvalue weighted by Crippen LogP contribution is 2.43. The summed E-state index contributed by atoms with van der Waals surface area (Å²) in [7, 11) is 0. The summed E-state index contributed by atoms with van der Waals surface area (Å²) in [4.78, 5) is 27.8. The van der Waals surface area contributed by atoms with E-state index in [0.717, 1.165) is 18.9 Å². The monoisotopic (exact) mass is 414 g/mol. The molecular formula is C18H18ClF3N4O2. The summed E-state index contributed by atoms with van der Waals surface area (Å²) in [6.07, 6.45) is -2.98. The van der Waals surface area contributed by atoms with Gasteiger partial charge < -0.3 is 9.80 Å². The average molecular weight is 415 g/mol. The van der Waals surface area contributed by atoms with Crippen LogP contribution in [0, 0.1) is 0 Å². The lowest BCUT2D eigenvalue weighted by Crippen LogP contribution is -2.52. The minimum Gasteiger partial charge on any atom is -0.340 e. The van der Waals surface area contributed by atoms with E-state index in [2.05, 4.69) is 5.10 Å². The van der Waals surface area contributed by atoms with Crippen LogP contribution in [0.2, 0.25) is 5.02 Å². The largest absolute Gasteiger partial charge is 0.433 e. The molecule has 1 aliphatic heterocycles. The van der Waals surface area contributed by atoms with E-state index in [-0.39, 0.29) is 41.1 Å². The van der Waals surface area contributed by atoms with Crippen LogP contribution in [0.5, 0.6) is 0 Å². The average Bonchev–Trinajstić information content (AvgIpc) is 3.44. The molecule has 2 aliphatic rings. The number of alkyl halides is 3. The van der Waals surface area contributed by atoms with Crippen molar-refractivity contribution in [2.45, 2.75) is 31.9 Å². The second kappa shape index (κ2) is 6.65. The summed E-state index contributed by atoms with van der Waals surface area (Å²) in [6.45, 7) is 2.88. The highest BCUT2D eigenvalue weighted by Gasteiger charge is 2.38. The number of fused-ring (bicyclic) bond motifs is 1. The molecule has 2 amide bonds. The number of rotatable bonds is 3. The molecule has 2 aromatic heterocycles. The number of aromatic nitrogens is 2. The summed E-state index contributed by atoms with van der Waals surface area (Å²) < 4.78 is 41.4. The molecule has 0 bridgehead atoms. The second-order valence-electron chi connectivity index (χ2n) is 7.11. The van der Waals surface area contributed by atoms with Gasteiger partial charge in [0.2, 0.25) is 5.91 Å². The Balaban J connectivity index is 1.75. The predicted molar refractivity (Wildman–Crippen MR) is 95.3 cm³/mol. The van der Waals surface area contributed by atoms with Gasteiger partial charge in [-0.05, 0) is 43.4 Å². The van der Waals surface area contributed by atoms with Crippen molar-refractivity contribution in [3.05, 3.63) is 34.1 Å². The number of pyridine rings is 1. The SMILES string of the molecule is CCN1CCN(C(=O)c2nn3c(C(F)(F)F)cc(C4CC4)cc3c2Cl)CC1=O. The topological polar surface area (TPSA) is 57.9 Å². The van der Waals surface area contributed by atoms with E-state index in [1.807, 2.05) is 6.92 Å². The third kappa shape index (κ3) is 3.21. The van der Waals surface area contributed by atoms with Gasteiger partial charge in [-0.25, -0.2) is 4.52 Å². The fraction of sp³-hybridized carbons (Fsp3) is 0.500. The third-order valence-corrected chi connectivity index (χ3v) is 5.60. The molecule has 0 unspecified atom stereocenters. The Hall–Kier alpha value is -2.29. The van der Waals surface area contributed by atoms with Crippen molar-refractivity contribution < 1.29 is 22.8 Å². The molecule has 1 aliphatic carbocycles. The van der Waals surface area contributed by atoms with E-state index in [0.29, 0.717) is 23.2 Å². The van der Waals surface area contributed by atoms with Crippen molar-refractivity contribution in [2.75, 3.05) is 26.2 Å². The summed E-state index contributed by atoms with van der Waals surface area (Å²) in [6, 6.07) is 2.64. The van der Waals surface area contributed by atoms with Gasteiger partial charge in [0, 0.05) is 19.6 Å². The minimum absolute atomic E-state index is 0.0558. The Morgan fingerprint density at radius 3 is 2.57 bits per heavy atom. The number of hydrogen-bond donors (Lipinski definition) is 0. The molecule has 1 saturated heterocycles. The minimum atomic E-state index is -4.64. The Morgan fingerprint density at radius 1 is 1.29 bits per heavy atom. The second-order valence-corrected chi connectivity index (χ2v) is 7.48. The van der Waals surface area contributed by atoms with Crippen molar-refractivity contribution in [1.82, 2.24) is 19.4 Å². The van der Waals surface area contributed by atoms with Gasteiger partial charge in [-0.15, -0.1) is 0 Å². The zero-order valence-corrected chi connectivity index (χ0v) is 15.8. The van der Waals surface area contributed by atoms with E-state index < -0.39 is 17.8 Å². The van der Waals surface area contributed by atoms with E-state index in [1.54, 1.807) is 11.0 Å². The lowest BCUT2D eigenvalue weighted by Gasteiger charge is -2.33. The molecule has 0 radical (unpaired) electrons. The normalized spacial score (nSPS) is 18.2. The summed E-state index contributed by atoms with van der Waals surface area (Å²) >= 11 is 6.29. The van der Waals surface area contributed by atoms with E-state index in [9.17, 15) is 22.8 Å². The maximum absolute atomic E-state index is 13.6. The van der Waals surface area contributed by atoms with Crippen molar-refractivity contribution >= 4 is 28.9 Å². The number of nitrogens with zero attached hydrogens (tertiary/aromatic N) is 4. The molecule has 2 fully saturated rings. The number of carbonyl (C=O) groups is 2. The maximum atomic E-state index is 13.6. The molecule has 1 saturated carbocycles. The standard InChI is InChI=1S/C18H18ClF3N4O2/c1-2-24-5-6-25(9-14(24)27)17(28)16-15(19)12-7-11(10-3-4-10)8-13(18(20,21)22)26(12)23-16/h7-8,10H,2-6,9H2,1H3. The lowest BCUT2D eigenvalue weighted by molar-refractivity contribution is -0.142. The van der Waals surface area contributed by atoms with Crippen molar-refractivity contribution in [3.8, 4) is 0 Å². The highest BCUT2D eigenvalue weighted by atomic mass is 35.5. The Morgan fingerprint density at radius 2 is 2.00 bits per heavy atom. The fourth-order valence-electron chi connectivity index (χ4n) is 3.50. The molecule has 10 heteroatoms. The Kier molecular flexibility index (Phi) is 4.52. The first-order chi connectivity index (χ1) is 13.2. The first kappa shape index (κ1) is 19.0. The van der Waals surface area contributed by atoms with Gasteiger partial charge in [0.1, 0.15) is 12.2 Å². The van der Waals surface area contributed by atoms with Gasteiger partial charge in [-0.3, -0.25) is 9.59 Å². The van der Waals surface area contributed by atoms with E-state index in [4.69, 9.17) is 11.6 Å². The number of likely N-dealkylation sites (N-methyl/N-ethyl adjacent to an activating group) is 1. The molecule has 6 nitrogen and oxygen atoms in total. The van der Waals surface area contributed by atoms with Crippen molar-refractivity contribution in [1.29, 1.82) is 0 Å². The first-order valence-electron chi connectivity index (χ1n) is 9.07. The molecule has 0 spiro atoms. The van der Waals surface area contributed by atoms with Crippen molar-refractivity contribution in [2.24, 2.45) is 0 Å². The van der Waals surface area contributed by atoms with Crippen LogP contribution in [0.4, 0.5) is 13.2 Å². The molecule has 0 N–H and O–H groups in total. The van der Waals surface area contributed by atoms with Crippen LogP contribution in [0.1, 0.15) is 47.4 Å². The van der Waals surface area contributed by atoms with Gasteiger partial charge in [-0.2, -0.15) is 18.3 Å². The maximum Gasteiger partial charge on any atom is 0.433 e. The molecule has 28 heavy (non-hydrogen) atoms. The quantitative estimate of drug-likeness (QED) is 0.775. The van der Waals surface area contributed by atoms with Crippen LogP contribution in [0.25, 0.3) is 5.52 Å². The lowest BCUT2D eigenvalue weighted by atomic mass is 10.1. The van der Waals surface area contributed by atoms with Crippen LogP contribution < -0.4 is 0 Å². The molecule has 0 aromatic carbocycles. The molecule has 150 valence electrons. The number of halogens is 4. The van der Waals surface area contributed by atoms with Crippen LogP contribution in [-0.2, 0) is 11.0 Å². The summed E-state index contributed by atoms with van der Waals surface area (Å²) in [5, 5.41) is 3.77. The summed E-state index contributed by atoms with van der Waals surface area (Å²) in [5.41, 5.74) is -0.620. The van der Waals surface area contributed by atoms with Gasteiger partial charge in [0.05, 0.1) is 10.5 Å². The molecular weight excluding hydrogens is 397 g/mol. The van der Waals surface area contributed by atoms with Crippen LogP contribution in [-0.4, -0.2) is 57.4 Å². The zero-order valence-electron chi connectivity index (χ0n) is 15.1. The van der Waals surface area contributed by atoms with Crippen LogP contribution in [0.3, 0.4) is 0 Å². The van der Waals surface area contributed by atoms with Gasteiger partial charge >= 0.3 is 6.18 Å². The Labute approximate surface area is 163 Å². The smallest absolute Gasteiger partial charge is 0.340 e. The van der Waals surface area contributed by atoms with Gasteiger partial charge in [0.25, 0.3) is 5.91 Å². The Bertz CT molecular complexity index is 968. The van der Waals surface area contributed by atoms with Crippen LogP contribution in [0.15, 0.2) is 12.1 Å². The zero-order chi connectivity index (χ0) is 20.2. The number of piperazine rings is 1. The molecule has 4 rings (SSSR count). The molecule has 0 atom stereocenters. The number of hydrogen-bond acceptors (Lipinski definition) is 3. The predicted octanol–water partition coefficient (Wildman–Crippen LogP) is 3.19. The number of carbonyl (C=O) groups excluding carboxylic acids is 2. The highest BCUT2D eigenvalue weighted by molar-refractivity contribution is 6.36. The van der Waals surface area contributed by atoms with E-state index >= 15 is 0 Å². The number of amides is 2. The van der Waals surface area contributed by atoms with Gasteiger partial charge in [0.15, 0.2) is 5.69 Å². The van der Waals surface area contributed by atoms with Crippen LogP contribution >= 0.6 is 11.6 Å². The fourth-order valence-corrected chi connectivity index (χ4v) is 3.75. The first-order valence-corrected chi connectivity index (χ1v) is 9.45.